The van der Waals surface area contributed by atoms with Gasteiger partial charge in [-0.15, -0.1) is 0 Å². The van der Waals surface area contributed by atoms with Crippen molar-refractivity contribution < 1.29 is 23.7 Å². The minimum atomic E-state index is -0.512. The molecule has 2 aliphatic rings. The zero-order chi connectivity index (χ0) is 15.5. The van der Waals surface area contributed by atoms with Gasteiger partial charge in [0.1, 0.15) is 24.4 Å². The van der Waals surface area contributed by atoms with Crippen LogP contribution in [0.2, 0.25) is 0 Å². The van der Waals surface area contributed by atoms with Crippen molar-refractivity contribution in [1.82, 2.24) is 5.32 Å². The second kappa shape index (κ2) is 6.75. The summed E-state index contributed by atoms with van der Waals surface area (Å²) in [6, 6.07) is 9.65. The monoisotopic (exact) mass is 307 g/mol. The lowest BCUT2D eigenvalue weighted by Gasteiger charge is -2.21. The fraction of sp³-hybridized carbons (Fsp3) is 0.562. The standard InChI is InChI=1S/C16H21NO5/c1-10(18)17-13-15-14(22-16(13)19-2)12(9-21-15)20-8-11-6-4-3-5-7-11/h3-7,12-16H,8-9H2,1-2H3,(H,17,18)/t12-,13+,14-,15-,16-/m1/s1. The summed E-state index contributed by atoms with van der Waals surface area (Å²) in [4.78, 5) is 11.3. The molecule has 2 fully saturated rings. The molecule has 22 heavy (non-hydrogen) atoms. The highest BCUT2D eigenvalue weighted by Gasteiger charge is 2.53. The van der Waals surface area contributed by atoms with Gasteiger partial charge in [0, 0.05) is 14.0 Å². The number of rotatable bonds is 5. The highest BCUT2D eigenvalue weighted by Crippen LogP contribution is 2.33. The van der Waals surface area contributed by atoms with E-state index in [2.05, 4.69) is 5.32 Å². The predicted octanol–water partition coefficient (Wildman–Crippen LogP) is 0.847. The topological polar surface area (TPSA) is 66.0 Å². The molecule has 2 heterocycles. The van der Waals surface area contributed by atoms with Crippen LogP contribution in [0.25, 0.3) is 0 Å². The Morgan fingerprint density at radius 3 is 2.77 bits per heavy atom. The zero-order valence-corrected chi connectivity index (χ0v) is 12.7. The molecule has 6 nitrogen and oxygen atoms in total. The second-order valence-electron chi connectivity index (χ2n) is 5.56. The van der Waals surface area contributed by atoms with Crippen molar-refractivity contribution in [3.05, 3.63) is 35.9 Å². The van der Waals surface area contributed by atoms with Crippen molar-refractivity contribution in [3.63, 3.8) is 0 Å². The van der Waals surface area contributed by atoms with Crippen LogP contribution in [-0.2, 0) is 30.3 Å². The molecule has 120 valence electrons. The molecule has 6 heteroatoms. The molecule has 0 aromatic heterocycles. The van der Waals surface area contributed by atoms with Crippen LogP contribution in [0.15, 0.2) is 30.3 Å². The van der Waals surface area contributed by atoms with Crippen LogP contribution in [-0.4, -0.2) is 50.3 Å². The van der Waals surface area contributed by atoms with Crippen LogP contribution in [0.1, 0.15) is 12.5 Å². The average molecular weight is 307 g/mol. The molecule has 0 saturated carbocycles. The number of carbonyl (C=O) groups excluding carboxylic acids is 1. The number of amides is 1. The molecule has 1 aromatic carbocycles. The molecule has 5 atom stereocenters. The van der Waals surface area contributed by atoms with Crippen molar-refractivity contribution in [2.75, 3.05) is 13.7 Å². The Kier molecular flexibility index (Phi) is 4.73. The summed E-state index contributed by atoms with van der Waals surface area (Å²) < 4.78 is 22.9. The fourth-order valence-electron chi connectivity index (χ4n) is 2.98. The van der Waals surface area contributed by atoms with E-state index >= 15 is 0 Å². The first-order valence-electron chi connectivity index (χ1n) is 7.41. The molecule has 3 rings (SSSR count). The Balaban J connectivity index is 1.61. The highest BCUT2D eigenvalue weighted by atomic mass is 16.7. The summed E-state index contributed by atoms with van der Waals surface area (Å²) in [6.07, 6.45) is -1.15. The van der Waals surface area contributed by atoms with E-state index in [0.717, 1.165) is 5.56 Å². The smallest absolute Gasteiger partial charge is 0.217 e. The van der Waals surface area contributed by atoms with Gasteiger partial charge in [-0.25, -0.2) is 0 Å². The van der Waals surface area contributed by atoms with Crippen molar-refractivity contribution >= 4 is 5.91 Å². The van der Waals surface area contributed by atoms with Gasteiger partial charge in [0.05, 0.1) is 13.2 Å². The Hall–Kier alpha value is -1.47. The van der Waals surface area contributed by atoms with E-state index in [0.29, 0.717) is 13.2 Å². The Bertz CT molecular complexity index is 509. The molecule has 0 spiro atoms. The first-order valence-corrected chi connectivity index (χ1v) is 7.41. The Morgan fingerprint density at radius 1 is 1.32 bits per heavy atom. The molecule has 2 aliphatic heterocycles. The largest absolute Gasteiger partial charge is 0.370 e. The third-order valence-corrected chi connectivity index (χ3v) is 3.99. The summed E-state index contributed by atoms with van der Waals surface area (Å²) in [7, 11) is 1.56. The van der Waals surface area contributed by atoms with Crippen LogP contribution in [0.3, 0.4) is 0 Å². The molecule has 0 aliphatic carbocycles. The third-order valence-electron chi connectivity index (χ3n) is 3.99. The quantitative estimate of drug-likeness (QED) is 0.873. The first-order chi connectivity index (χ1) is 10.7. The molecular formula is C16H21NO5. The minimum Gasteiger partial charge on any atom is -0.370 e. The van der Waals surface area contributed by atoms with Crippen molar-refractivity contribution in [1.29, 1.82) is 0 Å². The summed E-state index contributed by atoms with van der Waals surface area (Å²) in [5.41, 5.74) is 1.10. The number of fused-ring (bicyclic) bond motifs is 1. The summed E-state index contributed by atoms with van der Waals surface area (Å²) >= 11 is 0. The predicted molar refractivity (Wildman–Crippen MR) is 78.0 cm³/mol. The van der Waals surface area contributed by atoms with Gasteiger partial charge in [-0.1, -0.05) is 30.3 Å². The van der Waals surface area contributed by atoms with Gasteiger partial charge < -0.3 is 24.3 Å². The van der Waals surface area contributed by atoms with Gasteiger partial charge in [-0.05, 0) is 5.56 Å². The van der Waals surface area contributed by atoms with E-state index < -0.39 is 6.29 Å². The summed E-state index contributed by atoms with van der Waals surface area (Å²) in [5, 5.41) is 2.84. The zero-order valence-electron chi connectivity index (χ0n) is 12.7. The van der Waals surface area contributed by atoms with E-state index in [-0.39, 0.29) is 30.3 Å². The van der Waals surface area contributed by atoms with Gasteiger partial charge in [-0.3, -0.25) is 4.79 Å². The van der Waals surface area contributed by atoms with Crippen LogP contribution >= 0.6 is 0 Å². The molecule has 1 amide bonds. The van der Waals surface area contributed by atoms with Gasteiger partial charge in [-0.2, -0.15) is 0 Å². The fourth-order valence-corrected chi connectivity index (χ4v) is 2.98. The maximum absolute atomic E-state index is 11.3. The first kappa shape index (κ1) is 15.4. The van der Waals surface area contributed by atoms with Gasteiger partial charge in [0.15, 0.2) is 6.29 Å². The lowest BCUT2D eigenvalue weighted by atomic mass is 10.1. The minimum absolute atomic E-state index is 0.131. The average Bonchev–Trinajstić information content (AvgIpc) is 3.06. The van der Waals surface area contributed by atoms with E-state index in [1.54, 1.807) is 7.11 Å². The van der Waals surface area contributed by atoms with Crippen LogP contribution in [0, 0.1) is 0 Å². The molecule has 0 bridgehead atoms. The van der Waals surface area contributed by atoms with E-state index in [9.17, 15) is 4.79 Å². The lowest BCUT2D eigenvalue weighted by molar-refractivity contribution is -0.154. The maximum atomic E-state index is 11.3. The van der Waals surface area contributed by atoms with Crippen LogP contribution < -0.4 is 5.32 Å². The van der Waals surface area contributed by atoms with Crippen LogP contribution in [0.5, 0.6) is 0 Å². The summed E-state index contributed by atoms with van der Waals surface area (Å²) in [6.45, 7) is 2.43. The normalized spacial score (nSPS) is 33.6. The molecule has 1 N–H and O–H groups in total. The molecule has 0 unspecified atom stereocenters. The van der Waals surface area contributed by atoms with Crippen molar-refractivity contribution in [2.45, 2.75) is 44.2 Å². The molecule has 2 saturated heterocycles. The maximum Gasteiger partial charge on any atom is 0.217 e. The number of hydrogen-bond acceptors (Lipinski definition) is 5. The second-order valence-corrected chi connectivity index (χ2v) is 5.56. The SMILES string of the molecule is CO[C@@H]1O[C@H]2[C@H](OC[C@H]2OCc2ccccc2)[C@@H]1NC(C)=O. The lowest BCUT2D eigenvalue weighted by Crippen LogP contribution is -2.47. The molecular weight excluding hydrogens is 286 g/mol. The third kappa shape index (κ3) is 3.15. The number of carbonyl (C=O) groups is 1. The molecule has 1 aromatic rings. The highest BCUT2D eigenvalue weighted by molar-refractivity contribution is 5.73. The van der Waals surface area contributed by atoms with E-state index in [1.807, 2.05) is 30.3 Å². The van der Waals surface area contributed by atoms with E-state index in [1.165, 1.54) is 6.92 Å². The van der Waals surface area contributed by atoms with E-state index in [4.69, 9.17) is 18.9 Å². The number of nitrogens with one attached hydrogen (secondary N) is 1. The van der Waals surface area contributed by atoms with Gasteiger partial charge in [0.25, 0.3) is 0 Å². The summed E-state index contributed by atoms with van der Waals surface area (Å²) in [5.74, 6) is -0.131. The number of benzene rings is 1. The number of ether oxygens (including phenoxy) is 4. The van der Waals surface area contributed by atoms with Gasteiger partial charge in [0.2, 0.25) is 5.91 Å². The number of methoxy groups -OCH3 is 1. The van der Waals surface area contributed by atoms with Gasteiger partial charge >= 0.3 is 0 Å². The Morgan fingerprint density at radius 2 is 2.09 bits per heavy atom. The van der Waals surface area contributed by atoms with Crippen molar-refractivity contribution in [2.24, 2.45) is 0 Å². The molecule has 0 radical (unpaired) electrons. The Labute approximate surface area is 129 Å². The number of hydrogen-bond donors (Lipinski definition) is 1. The van der Waals surface area contributed by atoms with Crippen molar-refractivity contribution in [3.8, 4) is 0 Å². The van der Waals surface area contributed by atoms with Crippen LogP contribution in [0.4, 0.5) is 0 Å².